The van der Waals surface area contributed by atoms with Crippen molar-refractivity contribution in [2.75, 3.05) is 19.3 Å². The Hall–Kier alpha value is -0.750. The van der Waals surface area contributed by atoms with E-state index in [2.05, 4.69) is 15.6 Å². The molecule has 1 aromatic rings. The number of thioether (sulfide) groups is 1. The molecule has 1 heterocycles. The molecule has 0 aliphatic heterocycles. The second-order valence-electron chi connectivity index (χ2n) is 3.29. The van der Waals surface area contributed by atoms with Crippen molar-refractivity contribution in [3.8, 4) is 0 Å². The summed E-state index contributed by atoms with van der Waals surface area (Å²) in [7, 11) is 1.81. The SMILES string of the molecule is CNC(=S)NCCSCc1nc(C)oc1C. The van der Waals surface area contributed by atoms with Crippen LogP contribution in [0.1, 0.15) is 17.3 Å². The van der Waals surface area contributed by atoms with Gasteiger partial charge in [-0.3, -0.25) is 0 Å². The van der Waals surface area contributed by atoms with E-state index in [0.717, 1.165) is 35.4 Å². The van der Waals surface area contributed by atoms with Gasteiger partial charge in [0.1, 0.15) is 5.76 Å². The van der Waals surface area contributed by atoms with Crippen LogP contribution in [0.3, 0.4) is 0 Å². The van der Waals surface area contributed by atoms with Crippen LogP contribution in [0, 0.1) is 13.8 Å². The molecule has 0 bridgehead atoms. The van der Waals surface area contributed by atoms with Gasteiger partial charge in [-0.05, 0) is 19.1 Å². The van der Waals surface area contributed by atoms with Crippen LogP contribution >= 0.6 is 24.0 Å². The summed E-state index contributed by atoms with van der Waals surface area (Å²) in [5.41, 5.74) is 1.04. The Kier molecular flexibility index (Phi) is 5.62. The summed E-state index contributed by atoms with van der Waals surface area (Å²) in [6, 6.07) is 0. The summed E-state index contributed by atoms with van der Waals surface area (Å²) < 4.78 is 5.36. The number of nitrogens with one attached hydrogen (secondary N) is 2. The van der Waals surface area contributed by atoms with Crippen LogP contribution in [-0.2, 0) is 5.75 Å². The number of rotatable bonds is 5. The van der Waals surface area contributed by atoms with Crippen molar-refractivity contribution in [3.05, 3.63) is 17.3 Å². The molecule has 0 saturated carbocycles. The Balaban J connectivity index is 2.16. The largest absolute Gasteiger partial charge is 0.446 e. The van der Waals surface area contributed by atoms with Crippen molar-refractivity contribution in [3.63, 3.8) is 0 Å². The summed E-state index contributed by atoms with van der Waals surface area (Å²) in [5, 5.41) is 6.65. The number of aryl methyl sites for hydroxylation is 2. The zero-order chi connectivity index (χ0) is 12.0. The lowest BCUT2D eigenvalue weighted by molar-refractivity contribution is 0.493. The highest BCUT2D eigenvalue weighted by Crippen LogP contribution is 2.15. The third kappa shape index (κ3) is 4.40. The molecule has 0 radical (unpaired) electrons. The lowest BCUT2D eigenvalue weighted by Gasteiger charge is -2.05. The third-order valence-corrected chi connectivity index (χ3v) is 3.32. The van der Waals surface area contributed by atoms with Crippen LogP contribution < -0.4 is 10.6 Å². The third-order valence-electron chi connectivity index (χ3n) is 2.00. The van der Waals surface area contributed by atoms with E-state index in [1.54, 1.807) is 0 Å². The van der Waals surface area contributed by atoms with Gasteiger partial charge in [-0.25, -0.2) is 4.98 Å². The van der Waals surface area contributed by atoms with Crippen LogP contribution in [0.15, 0.2) is 4.42 Å². The fourth-order valence-electron chi connectivity index (χ4n) is 1.20. The smallest absolute Gasteiger partial charge is 0.191 e. The monoisotopic (exact) mass is 259 g/mol. The molecule has 90 valence electrons. The zero-order valence-electron chi connectivity index (χ0n) is 9.79. The standard InChI is InChI=1S/C10H17N3OS2/c1-7-9(13-8(2)14-7)6-16-5-4-12-10(15)11-3/h4-6H2,1-3H3,(H2,11,12,15). The van der Waals surface area contributed by atoms with Crippen LogP contribution in [0.2, 0.25) is 0 Å². The lowest BCUT2D eigenvalue weighted by Crippen LogP contribution is -2.33. The predicted molar refractivity (Wildman–Crippen MR) is 71.8 cm³/mol. The van der Waals surface area contributed by atoms with Crippen LogP contribution in [-0.4, -0.2) is 29.4 Å². The maximum absolute atomic E-state index is 5.36. The molecule has 1 aromatic heterocycles. The molecule has 1 rings (SSSR count). The minimum atomic E-state index is 0.689. The predicted octanol–water partition coefficient (Wildman–Crippen LogP) is 1.62. The number of nitrogens with zero attached hydrogens (tertiary/aromatic N) is 1. The molecule has 16 heavy (non-hydrogen) atoms. The summed E-state index contributed by atoms with van der Waals surface area (Å²) >= 11 is 6.78. The molecule has 0 aliphatic carbocycles. The molecule has 2 N–H and O–H groups in total. The van der Waals surface area contributed by atoms with Crippen molar-refractivity contribution in [1.82, 2.24) is 15.6 Å². The van der Waals surface area contributed by atoms with Gasteiger partial charge in [0.15, 0.2) is 11.0 Å². The van der Waals surface area contributed by atoms with Crippen molar-refractivity contribution >= 4 is 29.1 Å². The average molecular weight is 259 g/mol. The molecule has 0 aliphatic rings. The van der Waals surface area contributed by atoms with Gasteiger partial charge in [-0.2, -0.15) is 11.8 Å². The van der Waals surface area contributed by atoms with Gasteiger partial charge in [-0.1, -0.05) is 0 Å². The van der Waals surface area contributed by atoms with Gasteiger partial charge in [-0.15, -0.1) is 0 Å². The maximum Gasteiger partial charge on any atom is 0.191 e. The highest BCUT2D eigenvalue weighted by atomic mass is 32.2. The van der Waals surface area contributed by atoms with E-state index >= 15 is 0 Å². The number of thiocarbonyl (C=S) groups is 1. The van der Waals surface area contributed by atoms with Gasteiger partial charge < -0.3 is 15.1 Å². The molecule has 4 nitrogen and oxygen atoms in total. The second kappa shape index (κ2) is 6.75. The maximum atomic E-state index is 5.36. The van der Waals surface area contributed by atoms with Crippen LogP contribution in [0.5, 0.6) is 0 Å². The Morgan fingerprint density at radius 2 is 2.25 bits per heavy atom. The Labute approximate surface area is 106 Å². The Bertz CT molecular complexity index is 352. The topological polar surface area (TPSA) is 50.1 Å². The first-order valence-electron chi connectivity index (χ1n) is 5.09. The quantitative estimate of drug-likeness (QED) is 0.619. The van der Waals surface area contributed by atoms with Gasteiger partial charge >= 0.3 is 0 Å². The lowest BCUT2D eigenvalue weighted by atomic mass is 10.4. The van der Waals surface area contributed by atoms with E-state index in [1.165, 1.54) is 0 Å². The molecule has 0 spiro atoms. The summed E-state index contributed by atoms with van der Waals surface area (Å²) in [5.74, 6) is 3.54. The molecule has 0 aromatic carbocycles. The van der Waals surface area contributed by atoms with E-state index in [4.69, 9.17) is 16.6 Å². The fraction of sp³-hybridized carbons (Fsp3) is 0.600. The highest BCUT2D eigenvalue weighted by molar-refractivity contribution is 7.98. The average Bonchev–Trinajstić information content (AvgIpc) is 2.56. The van der Waals surface area contributed by atoms with Crippen LogP contribution in [0.4, 0.5) is 0 Å². The molecule has 0 fully saturated rings. The number of oxazole rings is 1. The number of aromatic nitrogens is 1. The first kappa shape index (κ1) is 13.3. The molecule has 0 atom stereocenters. The first-order chi connectivity index (χ1) is 7.63. The zero-order valence-corrected chi connectivity index (χ0v) is 11.4. The van der Waals surface area contributed by atoms with Crippen molar-refractivity contribution in [2.45, 2.75) is 19.6 Å². The van der Waals surface area contributed by atoms with E-state index in [9.17, 15) is 0 Å². The number of hydrogen-bond donors (Lipinski definition) is 2. The van der Waals surface area contributed by atoms with E-state index < -0.39 is 0 Å². The molecular formula is C10H17N3OS2. The van der Waals surface area contributed by atoms with Crippen molar-refractivity contribution < 1.29 is 4.42 Å². The van der Waals surface area contributed by atoms with E-state index in [-0.39, 0.29) is 0 Å². The molecule has 0 amide bonds. The molecular weight excluding hydrogens is 242 g/mol. The van der Waals surface area contributed by atoms with Crippen molar-refractivity contribution in [1.29, 1.82) is 0 Å². The Morgan fingerprint density at radius 3 is 2.81 bits per heavy atom. The van der Waals surface area contributed by atoms with Crippen molar-refractivity contribution in [2.24, 2.45) is 0 Å². The minimum Gasteiger partial charge on any atom is -0.446 e. The van der Waals surface area contributed by atoms with Gasteiger partial charge in [0, 0.05) is 32.0 Å². The van der Waals surface area contributed by atoms with E-state index in [1.807, 2.05) is 32.7 Å². The van der Waals surface area contributed by atoms with E-state index in [0.29, 0.717) is 5.11 Å². The second-order valence-corrected chi connectivity index (χ2v) is 4.81. The summed E-state index contributed by atoms with van der Waals surface area (Å²) in [4.78, 5) is 4.31. The van der Waals surface area contributed by atoms with Gasteiger partial charge in [0.25, 0.3) is 0 Å². The molecule has 6 heteroatoms. The summed E-state index contributed by atoms with van der Waals surface area (Å²) in [6.07, 6.45) is 0. The highest BCUT2D eigenvalue weighted by Gasteiger charge is 2.05. The molecule has 0 saturated heterocycles. The Morgan fingerprint density at radius 1 is 1.50 bits per heavy atom. The fourth-order valence-corrected chi connectivity index (χ4v) is 2.15. The van der Waals surface area contributed by atoms with Crippen LogP contribution in [0.25, 0.3) is 0 Å². The van der Waals surface area contributed by atoms with Gasteiger partial charge in [0.2, 0.25) is 0 Å². The molecule has 0 unspecified atom stereocenters. The number of hydrogen-bond acceptors (Lipinski definition) is 4. The minimum absolute atomic E-state index is 0.689. The summed E-state index contributed by atoms with van der Waals surface area (Å²) in [6.45, 7) is 4.68. The van der Waals surface area contributed by atoms with Gasteiger partial charge in [0.05, 0.1) is 5.69 Å². The normalized spacial score (nSPS) is 10.2. The first-order valence-corrected chi connectivity index (χ1v) is 6.66.